The minimum Gasteiger partial charge on any atom is -0.497 e. The summed E-state index contributed by atoms with van der Waals surface area (Å²) in [6.45, 7) is 5.34. The van der Waals surface area contributed by atoms with Gasteiger partial charge in [-0.3, -0.25) is 0 Å². The molecule has 0 unspecified atom stereocenters. The second-order valence-electron chi connectivity index (χ2n) is 7.69. The van der Waals surface area contributed by atoms with E-state index in [1.807, 2.05) is 12.1 Å². The first-order valence-corrected chi connectivity index (χ1v) is 10.2. The molecule has 4 rings (SSSR count). The van der Waals surface area contributed by atoms with Gasteiger partial charge in [0.25, 0.3) is 0 Å². The molecule has 146 valence electrons. The van der Waals surface area contributed by atoms with Gasteiger partial charge in [0.2, 0.25) is 0 Å². The molecule has 0 radical (unpaired) electrons. The number of aromatic nitrogens is 2. The van der Waals surface area contributed by atoms with Crippen LogP contribution < -0.4 is 10.1 Å². The lowest BCUT2D eigenvalue weighted by atomic mass is 10.0. The summed E-state index contributed by atoms with van der Waals surface area (Å²) in [6, 6.07) is 15.0. The van der Waals surface area contributed by atoms with Gasteiger partial charge in [0.05, 0.1) is 18.5 Å². The number of aryl methyl sites for hydroxylation is 4. The normalized spacial score (nSPS) is 13.5. The maximum Gasteiger partial charge on any atom is 0.133 e. The molecule has 0 saturated carbocycles. The second-order valence-corrected chi connectivity index (χ2v) is 7.69. The summed E-state index contributed by atoms with van der Waals surface area (Å²) in [6.07, 6.45) is 5.47. The molecule has 1 N–H and O–H groups in total. The summed E-state index contributed by atoms with van der Waals surface area (Å²) in [5, 5.41) is 8.70. The van der Waals surface area contributed by atoms with E-state index < -0.39 is 0 Å². The third kappa shape index (κ3) is 3.77. The van der Waals surface area contributed by atoms with E-state index >= 15 is 0 Å². The number of hydrogen-bond acceptors (Lipinski definition) is 3. The van der Waals surface area contributed by atoms with Crippen LogP contribution in [0.1, 0.15) is 40.8 Å². The Balaban J connectivity index is 1.64. The molecule has 1 aromatic heterocycles. The van der Waals surface area contributed by atoms with Gasteiger partial charge in [-0.15, -0.1) is 0 Å². The van der Waals surface area contributed by atoms with Crippen molar-refractivity contribution >= 4 is 5.82 Å². The lowest BCUT2D eigenvalue weighted by Gasteiger charge is -2.11. The molecule has 0 saturated heterocycles. The van der Waals surface area contributed by atoms with E-state index in [1.165, 1.54) is 46.6 Å². The molecule has 0 amide bonds. The van der Waals surface area contributed by atoms with Gasteiger partial charge in [-0.1, -0.05) is 18.2 Å². The van der Waals surface area contributed by atoms with Crippen molar-refractivity contribution in [2.75, 3.05) is 19.0 Å². The number of benzene rings is 2. The van der Waals surface area contributed by atoms with Crippen molar-refractivity contribution in [2.45, 2.75) is 46.0 Å². The Morgan fingerprint density at radius 1 is 1.00 bits per heavy atom. The summed E-state index contributed by atoms with van der Waals surface area (Å²) < 4.78 is 7.39. The van der Waals surface area contributed by atoms with Gasteiger partial charge in [-0.05, 0) is 86.9 Å². The highest BCUT2D eigenvalue weighted by Crippen LogP contribution is 2.29. The van der Waals surface area contributed by atoms with E-state index in [2.05, 4.69) is 54.2 Å². The first-order valence-electron chi connectivity index (χ1n) is 10.2. The van der Waals surface area contributed by atoms with Crippen LogP contribution in [-0.2, 0) is 19.3 Å². The Kier molecular flexibility index (Phi) is 5.38. The van der Waals surface area contributed by atoms with Gasteiger partial charge in [0.15, 0.2) is 0 Å². The zero-order chi connectivity index (χ0) is 19.5. The van der Waals surface area contributed by atoms with E-state index in [-0.39, 0.29) is 0 Å². The SMILES string of the molecule is COc1ccc(CCc2nn(-c3ccc(C)c(C)c3)c3c2CCCCN3)cc1. The van der Waals surface area contributed by atoms with Gasteiger partial charge in [0.1, 0.15) is 11.6 Å². The van der Waals surface area contributed by atoms with Crippen LogP contribution in [0, 0.1) is 13.8 Å². The average Bonchev–Trinajstić information content (AvgIpc) is 2.88. The van der Waals surface area contributed by atoms with Crippen LogP contribution in [0.5, 0.6) is 5.75 Å². The van der Waals surface area contributed by atoms with Crippen molar-refractivity contribution in [1.29, 1.82) is 0 Å². The smallest absolute Gasteiger partial charge is 0.133 e. The van der Waals surface area contributed by atoms with Gasteiger partial charge < -0.3 is 10.1 Å². The standard InChI is InChI=1S/C24H29N3O/c1-17-7-11-20(16-18(17)2)27-24-22(6-4-5-15-25-24)23(26-27)14-10-19-8-12-21(28-3)13-9-19/h7-9,11-13,16,25H,4-6,10,14-15H2,1-3H3. The van der Waals surface area contributed by atoms with E-state index in [0.717, 1.165) is 37.2 Å². The maximum atomic E-state index is 5.27. The molecule has 0 aliphatic carbocycles. The average molecular weight is 376 g/mol. The Morgan fingerprint density at radius 2 is 1.82 bits per heavy atom. The van der Waals surface area contributed by atoms with Crippen molar-refractivity contribution in [3.63, 3.8) is 0 Å². The Labute approximate surface area is 167 Å². The molecule has 4 nitrogen and oxygen atoms in total. The summed E-state index contributed by atoms with van der Waals surface area (Å²) >= 11 is 0. The number of nitrogens with one attached hydrogen (secondary N) is 1. The molecule has 0 atom stereocenters. The van der Waals surface area contributed by atoms with Gasteiger partial charge in [0, 0.05) is 12.1 Å². The van der Waals surface area contributed by atoms with E-state index in [9.17, 15) is 0 Å². The number of rotatable bonds is 5. The van der Waals surface area contributed by atoms with Crippen LogP contribution in [0.15, 0.2) is 42.5 Å². The molecule has 1 aliphatic heterocycles. The number of hydrogen-bond donors (Lipinski definition) is 1. The molecule has 0 spiro atoms. The van der Waals surface area contributed by atoms with Crippen LogP contribution in [0.25, 0.3) is 5.69 Å². The molecule has 28 heavy (non-hydrogen) atoms. The monoisotopic (exact) mass is 375 g/mol. The zero-order valence-corrected chi connectivity index (χ0v) is 17.1. The van der Waals surface area contributed by atoms with E-state index in [1.54, 1.807) is 7.11 Å². The Bertz CT molecular complexity index is 957. The molecular weight excluding hydrogens is 346 g/mol. The number of fused-ring (bicyclic) bond motifs is 1. The number of nitrogens with zero attached hydrogens (tertiary/aromatic N) is 2. The van der Waals surface area contributed by atoms with E-state index in [4.69, 9.17) is 9.84 Å². The Hall–Kier alpha value is -2.75. The molecule has 2 heterocycles. The van der Waals surface area contributed by atoms with Crippen LogP contribution in [0.4, 0.5) is 5.82 Å². The summed E-state index contributed by atoms with van der Waals surface area (Å²) in [5.41, 5.74) is 7.69. The predicted octanol–water partition coefficient (Wildman–Crippen LogP) is 5.03. The third-order valence-corrected chi connectivity index (χ3v) is 5.76. The quantitative estimate of drug-likeness (QED) is 0.680. The highest BCUT2D eigenvalue weighted by Gasteiger charge is 2.20. The summed E-state index contributed by atoms with van der Waals surface area (Å²) in [5.74, 6) is 2.09. The van der Waals surface area contributed by atoms with Gasteiger partial charge in [-0.2, -0.15) is 5.10 Å². The number of ether oxygens (including phenoxy) is 1. The highest BCUT2D eigenvalue weighted by atomic mass is 16.5. The first kappa shape index (κ1) is 18.6. The topological polar surface area (TPSA) is 39.1 Å². The predicted molar refractivity (Wildman–Crippen MR) is 115 cm³/mol. The minimum atomic E-state index is 0.904. The largest absolute Gasteiger partial charge is 0.497 e. The third-order valence-electron chi connectivity index (χ3n) is 5.76. The van der Waals surface area contributed by atoms with Gasteiger partial charge in [-0.25, -0.2) is 4.68 Å². The Morgan fingerprint density at radius 3 is 2.57 bits per heavy atom. The molecule has 2 aromatic carbocycles. The number of anilines is 1. The summed E-state index contributed by atoms with van der Waals surface area (Å²) in [4.78, 5) is 0. The van der Waals surface area contributed by atoms with Crippen molar-refractivity contribution in [2.24, 2.45) is 0 Å². The fourth-order valence-corrected chi connectivity index (χ4v) is 3.87. The number of methoxy groups -OCH3 is 1. The van der Waals surface area contributed by atoms with Crippen LogP contribution in [0.3, 0.4) is 0 Å². The first-order chi connectivity index (χ1) is 13.7. The fourth-order valence-electron chi connectivity index (χ4n) is 3.87. The maximum absolute atomic E-state index is 5.27. The second kappa shape index (κ2) is 8.09. The van der Waals surface area contributed by atoms with Crippen molar-refractivity contribution in [3.8, 4) is 11.4 Å². The van der Waals surface area contributed by atoms with Crippen molar-refractivity contribution in [1.82, 2.24) is 9.78 Å². The van der Waals surface area contributed by atoms with Crippen LogP contribution in [0.2, 0.25) is 0 Å². The lowest BCUT2D eigenvalue weighted by Crippen LogP contribution is -2.07. The van der Waals surface area contributed by atoms with Crippen molar-refractivity contribution < 1.29 is 4.74 Å². The summed E-state index contributed by atoms with van der Waals surface area (Å²) in [7, 11) is 1.71. The molecule has 3 aromatic rings. The molecule has 1 aliphatic rings. The molecule has 0 fully saturated rings. The molecular formula is C24H29N3O. The van der Waals surface area contributed by atoms with E-state index in [0.29, 0.717) is 0 Å². The lowest BCUT2D eigenvalue weighted by molar-refractivity contribution is 0.414. The van der Waals surface area contributed by atoms with Crippen LogP contribution in [-0.4, -0.2) is 23.4 Å². The van der Waals surface area contributed by atoms with Crippen molar-refractivity contribution in [3.05, 3.63) is 70.4 Å². The minimum absolute atomic E-state index is 0.904. The molecule has 0 bridgehead atoms. The highest BCUT2D eigenvalue weighted by molar-refractivity contribution is 5.55. The van der Waals surface area contributed by atoms with Crippen LogP contribution >= 0.6 is 0 Å². The zero-order valence-electron chi connectivity index (χ0n) is 17.1. The van der Waals surface area contributed by atoms with Gasteiger partial charge >= 0.3 is 0 Å². The fraction of sp³-hybridized carbons (Fsp3) is 0.375. The molecule has 4 heteroatoms.